The molecule has 0 bridgehead atoms. The molecule has 3 heterocycles. The lowest BCUT2D eigenvalue weighted by Gasteiger charge is -2.05. The van der Waals surface area contributed by atoms with Crippen LogP contribution in [0.1, 0.15) is 0 Å². The van der Waals surface area contributed by atoms with E-state index in [-0.39, 0.29) is 0 Å². The second-order valence-corrected chi connectivity index (χ2v) is 4.19. The fourth-order valence-electron chi connectivity index (χ4n) is 1.79. The van der Waals surface area contributed by atoms with Crippen molar-refractivity contribution in [3.8, 4) is 22.9 Å². The molecule has 0 saturated heterocycles. The predicted molar refractivity (Wildman–Crippen MR) is 74.8 cm³/mol. The predicted octanol–water partition coefficient (Wildman–Crippen LogP) is 1.38. The molecule has 20 heavy (non-hydrogen) atoms. The van der Waals surface area contributed by atoms with Crippen LogP contribution in [0, 0.1) is 0 Å². The molecule has 0 aliphatic heterocycles. The van der Waals surface area contributed by atoms with Crippen LogP contribution in [0.25, 0.3) is 22.9 Å². The lowest BCUT2D eigenvalue weighted by atomic mass is 10.2. The molecule has 3 aromatic rings. The first-order valence-electron chi connectivity index (χ1n) is 6.09. The molecule has 0 radical (unpaired) electrons. The minimum absolute atomic E-state index is 0.483. The van der Waals surface area contributed by atoms with Crippen molar-refractivity contribution in [2.75, 3.05) is 12.4 Å². The summed E-state index contributed by atoms with van der Waals surface area (Å²) >= 11 is 0. The van der Waals surface area contributed by atoms with Crippen LogP contribution in [0.5, 0.6) is 0 Å². The summed E-state index contributed by atoms with van der Waals surface area (Å²) in [6.45, 7) is 0. The molecule has 7 nitrogen and oxygen atoms in total. The maximum atomic E-state index is 4.51. The van der Waals surface area contributed by atoms with Gasteiger partial charge in [0.15, 0.2) is 11.6 Å². The van der Waals surface area contributed by atoms with Gasteiger partial charge in [0.25, 0.3) is 0 Å². The Kier molecular flexibility index (Phi) is 3.08. The standard InChI is InChI=1S/C13H13N7/c1-14-11-6-10(9-7-17-20(2)8-9)18-13(19-11)12-15-4-3-5-16-12/h3-8H,1-2H3,(H,14,18,19). The van der Waals surface area contributed by atoms with E-state index in [9.17, 15) is 0 Å². The molecule has 3 rings (SSSR count). The number of anilines is 1. The molecule has 0 aromatic carbocycles. The second kappa shape index (κ2) is 5.04. The number of nitrogens with zero attached hydrogens (tertiary/aromatic N) is 6. The SMILES string of the molecule is CNc1cc(-c2cnn(C)c2)nc(-c2ncccn2)n1. The van der Waals surface area contributed by atoms with Gasteiger partial charge < -0.3 is 5.32 Å². The Morgan fingerprint density at radius 3 is 2.55 bits per heavy atom. The molecular weight excluding hydrogens is 254 g/mol. The van der Waals surface area contributed by atoms with E-state index in [1.165, 1.54) is 0 Å². The maximum absolute atomic E-state index is 4.51. The second-order valence-electron chi connectivity index (χ2n) is 4.19. The zero-order valence-electron chi connectivity index (χ0n) is 11.1. The number of hydrogen-bond donors (Lipinski definition) is 1. The molecule has 100 valence electrons. The third-order valence-electron chi connectivity index (χ3n) is 2.75. The van der Waals surface area contributed by atoms with Gasteiger partial charge in [0, 0.05) is 44.3 Å². The van der Waals surface area contributed by atoms with Crippen LogP contribution in [0.3, 0.4) is 0 Å². The first-order valence-corrected chi connectivity index (χ1v) is 6.09. The Balaban J connectivity index is 2.12. The normalized spacial score (nSPS) is 10.5. The Bertz CT molecular complexity index is 721. The molecule has 3 aromatic heterocycles. The van der Waals surface area contributed by atoms with E-state index in [0.29, 0.717) is 17.5 Å². The largest absolute Gasteiger partial charge is 0.373 e. The first-order chi connectivity index (χ1) is 9.76. The van der Waals surface area contributed by atoms with Crippen LogP contribution in [0.2, 0.25) is 0 Å². The van der Waals surface area contributed by atoms with Crippen molar-refractivity contribution < 1.29 is 0 Å². The molecule has 0 aliphatic carbocycles. The van der Waals surface area contributed by atoms with Crippen molar-refractivity contribution in [1.82, 2.24) is 29.7 Å². The molecule has 0 aliphatic rings. The van der Waals surface area contributed by atoms with Crippen LogP contribution in [-0.2, 0) is 7.05 Å². The Morgan fingerprint density at radius 1 is 1.10 bits per heavy atom. The fraction of sp³-hybridized carbons (Fsp3) is 0.154. The number of hydrogen-bond acceptors (Lipinski definition) is 6. The lowest BCUT2D eigenvalue weighted by molar-refractivity contribution is 0.768. The minimum atomic E-state index is 0.483. The average molecular weight is 267 g/mol. The van der Waals surface area contributed by atoms with Crippen molar-refractivity contribution in [3.63, 3.8) is 0 Å². The zero-order chi connectivity index (χ0) is 13.9. The topological polar surface area (TPSA) is 81.4 Å². The third kappa shape index (κ3) is 2.33. The van der Waals surface area contributed by atoms with Gasteiger partial charge in [-0.1, -0.05) is 0 Å². The molecule has 0 saturated carbocycles. The van der Waals surface area contributed by atoms with Crippen LogP contribution in [-0.4, -0.2) is 36.8 Å². The van der Waals surface area contributed by atoms with Crippen LogP contribution in [0.4, 0.5) is 5.82 Å². The van der Waals surface area contributed by atoms with Gasteiger partial charge in [0.05, 0.1) is 11.9 Å². The van der Waals surface area contributed by atoms with Gasteiger partial charge in [-0.25, -0.2) is 19.9 Å². The molecule has 1 N–H and O–H groups in total. The van der Waals surface area contributed by atoms with Crippen molar-refractivity contribution >= 4 is 5.82 Å². The number of aryl methyl sites for hydroxylation is 1. The van der Waals surface area contributed by atoms with Gasteiger partial charge in [-0.3, -0.25) is 4.68 Å². The van der Waals surface area contributed by atoms with Gasteiger partial charge in [0.1, 0.15) is 5.82 Å². The molecule has 0 spiro atoms. The summed E-state index contributed by atoms with van der Waals surface area (Å²) in [4.78, 5) is 17.2. The van der Waals surface area contributed by atoms with E-state index < -0.39 is 0 Å². The Hall–Kier alpha value is -2.83. The van der Waals surface area contributed by atoms with Crippen molar-refractivity contribution in [3.05, 3.63) is 36.9 Å². The van der Waals surface area contributed by atoms with E-state index in [1.54, 1.807) is 29.3 Å². The van der Waals surface area contributed by atoms with E-state index in [4.69, 9.17) is 0 Å². The van der Waals surface area contributed by atoms with Gasteiger partial charge in [-0.05, 0) is 6.07 Å². The van der Waals surface area contributed by atoms with E-state index >= 15 is 0 Å². The number of rotatable bonds is 3. The highest BCUT2D eigenvalue weighted by Gasteiger charge is 2.10. The summed E-state index contributed by atoms with van der Waals surface area (Å²) in [5.74, 6) is 1.69. The Labute approximate surface area is 115 Å². The quantitative estimate of drug-likeness (QED) is 0.772. The summed E-state index contributed by atoms with van der Waals surface area (Å²) in [5, 5.41) is 7.18. The van der Waals surface area contributed by atoms with Crippen molar-refractivity contribution in [2.24, 2.45) is 7.05 Å². The summed E-state index contributed by atoms with van der Waals surface area (Å²) in [5.41, 5.74) is 1.70. The highest BCUT2D eigenvalue weighted by molar-refractivity contribution is 5.64. The molecule has 7 heteroatoms. The number of aromatic nitrogens is 6. The van der Waals surface area contributed by atoms with Crippen LogP contribution < -0.4 is 5.32 Å². The van der Waals surface area contributed by atoms with Crippen LogP contribution in [0.15, 0.2) is 36.9 Å². The smallest absolute Gasteiger partial charge is 0.200 e. The van der Waals surface area contributed by atoms with Crippen molar-refractivity contribution in [1.29, 1.82) is 0 Å². The van der Waals surface area contributed by atoms with Crippen molar-refractivity contribution in [2.45, 2.75) is 0 Å². The lowest BCUT2D eigenvalue weighted by Crippen LogP contribution is -2.00. The van der Waals surface area contributed by atoms with Gasteiger partial charge in [-0.2, -0.15) is 5.10 Å². The highest BCUT2D eigenvalue weighted by atomic mass is 15.2. The van der Waals surface area contributed by atoms with E-state index in [0.717, 1.165) is 11.3 Å². The van der Waals surface area contributed by atoms with Gasteiger partial charge in [-0.15, -0.1) is 0 Å². The monoisotopic (exact) mass is 267 g/mol. The summed E-state index contributed by atoms with van der Waals surface area (Å²) in [6, 6.07) is 3.62. The highest BCUT2D eigenvalue weighted by Crippen LogP contribution is 2.21. The molecule has 0 unspecified atom stereocenters. The van der Waals surface area contributed by atoms with Crippen LogP contribution >= 0.6 is 0 Å². The molecule has 0 amide bonds. The Morgan fingerprint density at radius 2 is 1.90 bits per heavy atom. The third-order valence-corrected chi connectivity index (χ3v) is 2.75. The first kappa shape index (κ1) is 12.2. The molecule has 0 atom stereocenters. The summed E-state index contributed by atoms with van der Waals surface area (Å²) in [7, 11) is 3.68. The number of nitrogens with one attached hydrogen (secondary N) is 1. The fourth-order valence-corrected chi connectivity index (χ4v) is 1.79. The molecular formula is C13H13N7. The minimum Gasteiger partial charge on any atom is -0.373 e. The molecule has 0 fully saturated rings. The van der Waals surface area contributed by atoms with E-state index in [1.807, 2.05) is 26.4 Å². The average Bonchev–Trinajstić information content (AvgIpc) is 2.94. The van der Waals surface area contributed by atoms with Gasteiger partial charge >= 0.3 is 0 Å². The van der Waals surface area contributed by atoms with Gasteiger partial charge in [0.2, 0.25) is 0 Å². The zero-order valence-corrected chi connectivity index (χ0v) is 11.1. The van der Waals surface area contributed by atoms with E-state index in [2.05, 4.69) is 30.4 Å². The summed E-state index contributed by atoms with van der Waals surface area (Å²) < 4.78 is 1.73. The summed E-state index contributed by atoms with van der Waals surface area (Å²) in [6.07, 6.45) is 7.00. The maximum Gasteiger partial charge on any atom is 0.200 e.